The van der Waals surface area contributed by atoms with Crippen LogP contribution in [-0.4, -0.2) is 70.0 Å². The van der Waals surface area contributed by atoms with Gasteiger partial charge < -0.3 is 27.9 Å². The smallest absolute Gasteiger partial charge is 0.306 e. The Kier molecular flexibility index (Phi) is 51.2. The molecular formula is C60H116NO8P. The van der Waals surface area contributed by atoms with E-state index >= 15 is 0 Å². The molecule has 0 amide bonds. The van der Waals surface area contributed by atoms with Gasteiger partial charge in [0.25, 0.3) is 7.82 Å². The Morgan fingerprint density at radius 1 is 0.443 bits per heavy atom. The Labute approximate surface area is 434 Å². The summed E-state index contributed by atoms with van der Waals surface area (Å²) >= 11 is 0. The number of hydrogen-bond donors (Lipinski definition) is 0. The second-order valence-electron chi connectivity index (χ2n) is 21.7. The zero-order chi connectivity index (χ0) is 51.3. The van der Waals surface area contributed by atoms with Crippen molar-refractivity contribution in [1.29, 1.82) is 0 Å². The van der Waals surface area contributed by atoms with Gasteiger partial charge >= 0.3 is 11.9 Å². The normalized spacial score (nSPS) is 13.4. The van der Waals surface area contributed by atoms with Crippen molar-refractivity contribution in [1.82, 2.24) is 0 Å². The fourth-order valence-corrected chi connectivity index (χ4v) is 9.54. The van der Waals surface area contributed by atoms with Gasteiger partial charge in [0.1, 0.15) is 19.8 Å². The summed E-state index contributed by atoms with van der Waals surface area (Å²) in [4.78, 5) is 37.8. The summed E-state index contributed by atoms with van der Waals surface area (Å²) in [5.74, 6) is -0.835. The van der Waals surface area contributed by atoms with E-state index in [2.05, 4.69) is 38.2 Å². The molecule has 2 unspecified atom stereocenters. The minimum atomic E-state index is -4.63. The van der Waals surface area contributed by atoms with E-state index in [-0.39, 0.29) is 32.0 Å². The number of carbonyl (C=O) groups is 2. The maximum atomic E-state index is 12.8. The molecule has 0 rings (SSSR count). The first-order valence-corrected chi connectivity index (χ1v) is 31.5. The highest BCUT2D eigenvalue weighted by molar-refractivity contribution is 7.45. The third kappa shape index (κ3) is 55.8. The second-order valence-corrected chi connectivity index (χ2v) is 23.1. The summed E-state index contributed by atoms with van der Waals surface area (Å²) in [5, 5.41) is 0. The Morgan fingerprint density at radius 2 is 0.771 bits per heavy atom. The fourth-order valence-electron chi connectivity index (χ4n) is 8.81. The number of carbonyl (C=O) groups excluding carboxylic acids is 2. The van der Waals surface area contributed by atoms with Gasteiger partial charge in [0.2, 0.25) is 0 Å². The molecule has 0 radical (unpaired) electrons. The molecular weight excluding hydrogens is 894 g/mol. The largest absolute Gasteiger partial charge is 0.756 e. The maximum absolute atomic E-state index is 12.8. The van der Waals surface area contributed by atoms with Crippen LogP contribution >= 0.6 is 7.82 Å². The van der Waals surface area contributed by atoms with E-state index in [1.54, 1.807) is 0 Å². The van der Waals surface area contributed by atoms with Gasteiger partial charge in [-0.1, -0.05) is 263 Å². The van der Waals surface area contributed by atoms with Crippen LogP contribution in [0.15, 0.2) is 24.3 Å². The van der Waals surface area contributed by atoms with Crippen LogP contribution in [0.1, 0.15) is 296 Å². The first-order chi connectivity index (χ1) is 34.0. The molecule has 0 bridgehead atoms. The topological polar surface area (TPSA) is 111 Å². The van der Waals surface area contributed by atoms with Crippen molar-refractivity contribution in [3.05, 3.63) is 24.3 Å². The summed E-state index contributed by atoms with van der Waals surface area (Å²) in [6.07, 6.45) is 62.4. The molecule has 0 aromatic heterocycles. The van der Waals surface area contributed by atoms with E-state index in [0.29, 0.717) is 17.4 Å². The molecule has 9 nitrogen and oxygen atoms in total. The van der Waals surface area contributed by atoms with E-state index in [0.717, 1.165) is 57.8 Å². The number of rotatable bonds is 56. The van der Waals surface area contributed by atoms with Gasteiger partial charge in [-0.3, -0.25) is 14.2 Å². The molecule has 0 aliphatic heterocycles. The molecule has 2 atom stereocenters. The van der Waals surface area contributed by atoms with Crippen LogP contribution in [0.25, 0.3) is 0 Å². The highest BCUT2D eigenvalue weighted by Crippen LogP contribution is 2.38. The van der Waals surface area contributed by atoms with Crippen LogP contribution in [0, 0.1) is 0 Å². The SMILES string of the molecule is CCCCCC/C=C\C/C=C\CCCCCCCC(=O)OC(COC(=O)CCCCCCCCCCCCCCCCCCCCCCCCCCCCCCCC)COP(=O)([O-])OCC[N+](C)(C)C. The van der Waals surface area contributed by atoms with Crippen LogP contribution in [-0.2, 0) is 32.7 Å². The fraction of sp³-hybridized carbons (Fsp3) is 0.900. The molecule has 0 N–H and O–H groups in total. The number of allylic oxidation sites excluding steroid dienone is 4. The predicted octanol–water partition coefficient (Wildman–Crippen LogP) is 18.0. The van der Waals surface area contributed by atoms with Crippen LogP contribution in [0.4, 0.5) is 0 Å². The van der Waals surface area contributed by atoms with Gasteiger partial charge in [0.15, 0.2) is 6.10 Å². The van der Waals surface area contributed by atoms with Crippen LogP contribution in [0.2, 0.25) is 0 Å². The van der Waals surface area contributed by atoms with Crippen LogP contribution in [0.5, 0.6) is 0 Å². The van der Waals surface area contributed by atoms with Gasteiger partial charge in [-0.05, 0) is 44.9 Å². The lowest BCUT2D eigenvalue weighted by Gasteiger charge is -2.28. The Bertz CT molecular complexity index is 1240. The van der Waals surface area contributed by atoms with Crippen LogP contribution in [0.3, 0.4) is 0 Å². The molecule has 0 aromatic carbocycles. The van der Waals surface area contributed by atoms with E-state index in [9.17, 15) is 19.0 Å². The highest BCUT2D eigenvalue weighted by atomic mass is 31.2. The van der Waals surface area contributed by atoms with Crippen molar-refractivity contribution in [2.24, 2.45) is 0 Å². The van der Waals surface area contributed by atoms with Crippen molar-refractivity contribution in [2.45, 2.75) is 302 Å². The third-order valence-corrected chi connectivity index (χ3v) is 14.4. The second kappa shape index (κ2) is 52.4. The van der Waals surface area contributed by atoms with Gasteiger partial charge in [-0.25, -0.2) is 0 Å². The Hall–Kier alpha value is -1.51. The number of quaternary nitrogens is 1. The molecule has 0 saturated carbocycles. The lowest BCUT2D eigenvalue weighted by molar-refractivity contribution is -0.870. The Morgan fingerprint density at radius 3 is 1.14 bits per heavy atom. The van der Waals surface area contributed by atoms with E-state index in [1.165, 1.54) is 205 Å². The average Bonchev–Trinajstić information content (AvgIpc) is 3.32. The summed E-state index contributed by atoms with van der Waals surface area (Å²) in [5.41, 5.74) is 0. The number of phosphoric acid groups is 1. The van der Waals surface area contributed by atoms with Crippen LogP contribution < -0.4 is 4.89 Å². The molecule has 0 aliphatic carbocycles. The van der Waals surface area contributed by atoms with Crippen molar-refractivity contribution in [2.75, 3.05) is 47.5 Å². The van der Waals surface area contributed by atoms with Crippen molar-refractivity contribution < 1.29 is 42.1 Å². The minimum absolute atomic E-state index is 0.0314. The number of hydrogen-bond acceptors (Lipinski definition) is 8. The zero-order valence-electron chi connectivity index (χ0n) is 47.0. The lowest BCUT2D eigenvalue weighted by atomic mass is 10.0. The minimum Gasteiger partial charge on any atom is -0.756 e. The molecule has 70 heavy (non-hydrogen) atoms. The molecule has 0 aromatic rings. The van der Waals surface area contributed by atoms with E-state index in [1.807, 2.05) is 21.1 Å². The summed E-state index contributed by atoms with van der Waals surface area (Å²) in [6, 6.07) is 0. The highest BCUT2D eigenvalue weighted by Gasteiger charge is 2.22. The standard InChI is InChI=1S/C60H116NO8P/c1-6-8-10-12-14-16-18-20-22-24-25-26-27-28-29-30-31-32-33-34-35-36-37-39-40-42-44-46-48-50-52-59(62)66-56-58(57-68-70(64,65)67-55-54-61(3,4)5)69-60(63)53-51-49-47-45-43-41-38-23-21-19-17-15-13-11-9-7-2/h17,19,23,38,58H,6-16,18,20-22,24-37,39-57H2,1-5H3/b19-17-,38-23-. The van der Waals surface area contributed by atoms with Gasteiger partial charge in [-0.2, -0.15) is 0 Å². The maximum Gasteiger partial charge on any atom is 0.306 e. The third-order valence-electron chi connectivity index (χ3n) is 13.5. The van der Waals surface area contributed by atoms with Crippen molar-refractivity contribution in [3.8, 4) is 0 Å². The number of esters is 2. The predicted molar refractivity (Wildman–Crippen MR) is 296 cm³/mol. The molecule has 0 spiro atoms. The summed E-state index contributed by atoms with van der Waals surface area (Å²) < 4.78 is 34.1. The Balaban J connectivity index is 4.02. The van der Waals surface area contributed by atoms with E-state index < -0.39 is 26.5 Å². The average molecular weight is 1010 g/mol. The number of likely N-dealkylation sites (N-methyl/N-ethyl adjacent to an activating group) is 1. The summed E-state index contributed by atoms with van der Waals surface area (Å²) in [7, 11) is 1.17. The zero-order valence-corrected chi connectivity index (χ0v) is 47.9. The molecule has 0 heterocycles. The molecule has 0 aliphatic rings. The van der Waals surface area contributed by atoms with Gasteiger partial charge in [0, 0.05) is 12.8 Å². The molecule has 10 heteroatoms. The number of ether oxygens (including phenoxy) is 2. The summed E-state index contributed by atoms with van der Waals surface area (Å²) in [6.45, 7) is 4.25. The lowest BCUT2D eigenvalue weighted by Crippen LogP contribution is -2.37. The molecule has 0 saturated heterocycles. The van der Waals surface area contributed by atoms with Gasteiger partial charge in [0.05, 0.1) is 27.7 Å². The number of phosphoric ester groups is 1. The number of nitrogens with zero attached hydrogens (tertiary/aromatic N) is 1. The van der Waals surface area contributed by atoms with Crippen molar-refractivity contribution in [3.63, 3.8) is 0 Å². The van der Waals surface area contributed by atoms with E-state index in [4.69, 9.17) is 18.5 Å². The number of unbranched alkanes of at least 4 members (excludes halogenated alkanes) is 38. The van der Waals surface area contributed by atoms with Crippen molar-refractivity contribution >= 4 is 19.8 Å². The quantitative estimate of drug-likeness (QED) is 0.0195. The van der Waals surface area contributed by atoms with Gasteiger partial charge in [-0.15, -0.1) is 0 Å². The monoisotopic (exact) mass is 1010 g/mol. The molecule has 414 valence electrons. The first kappa shape index (κ1) is 68.5. The first-order valence-electron chi connectivity index (χ1n) is 30.0. The molecule has 0 fully saturated rings.